The fraction of sp³-hybridized carbons (Fsp3) is 0.857. The van der Waals surface area contributed by atoms with Gasteiger partial charge in [-0.25, -0.2) is 4.79 Å². The van der Waals surface area contributed by atoms with Gasteiger partial charge in [-0.05, 0) is 12.8 Å². The van der Waals surface area contributed by atoms with Crippen molar-refractivity contribution in [2.45, 2.75) is 37.5 Å². The smallest absolute Gasteiger partial charge is 0.328 e. The predicted octanol–water partition coefficient (Wildman–Crippen LogP) is 0.232. The first-order valence-corrected chi connectivity index (χ1v) is 7.50. The normalized spacial score (nSPS) is 29.7. The highest BCUT2D eigenvalue weighted by atomic mass is 16.7. The van der Waals surface area contributed by atoms with E-state index in [9.17, 15) is 14.7 Å². The van der Waals surface area contributed by atoms with Gasteiger partial charge in [0.1, 0.15) is 0 Å². The van der Waals surface area contributed by atoms with Gasteiger partial charge in [-0.2, -0.15) is 0 Å². The summed E-state index contributed by atoms with van der Waals surface area (Å²) in [6.45, 7) is 2.05. The van der Waals surface area contributed by atoms with Gasteiger partial charge in [-0.15, -0.1) is 0 Å². The highest BCUT2D eigenvalue weighted by Gasteiger charge is 2.44. The lowest BCUT2D eigenvalue weighted by Gasteiger charge is -2.39. The zero-order chi connectivity index (χ0) is 14.9. The second kappa shape index (κ2) is 5.90. The Balaban J connectivity index is 1.61. The van der Waals surface area contributed by atoms with Gasteiger partial charge in [0.05, 0.1) is 26.4 Å². The van der Waals surface area contributed by atoms with Gasteiger partial charge in [-0.3, -0.25) is 4.79 Å². The Kier molecular flexibility index (Phi) is 4.14. The summed E-state index contributed by atoms with van der Waals surface area (Å²) in [5, 5.41) is 9.21. The summed E-state index contributed by atoms with van der Waals surface area (Å²) < 4.78 is 16.5. The average Bonchev–Trinajstić information content (AvgIpc) is 2.95. The van der Waals surface area contributed by atoms with Crippen LogP contribution in [0.5, 0.6) is 0 Å². The summed E-state index contributed by atoms with van der Waals surface area (Å²) >= 11 is 0. The van der Waals surface area contributed by atoms with E-state index in [1.807, 2.05) is 0 Å². The standard InChI is InChI=1S/C14H21NO6/c16-12(15-5-6-19-9-11(15)13(17)18)10-1-3-14(4-2-10)20-7-8-21-14/h10-11H,1-9H2,(H,17,18). The third-order valence-electron chi connectivity index (χ3n) is 4.61. The molecule has 1 amide bonds. The Hall–Kier alpha value is -1.18. The minimum Gasteiger partial charge on any atom is -0.480 e. The number of hydrogen-bond donors (Lipinski definition) is 1. The van der Waals surface area contributed by atoms with E-state index in [0.717, 1.165) is 0 Å². The largest absolute Gasteiger partial charge is 0.480 e. The van der Waals surface area contributed by atoms with Crippen molar-refractivity contribution in [3.63, 3.8) is 0 Å². The topological polar surface area (TPSA) is 85.3 Å². The number of carboxylic acid groups (broad SMARTS) is 1. The molecule has 3 aliphatic rings. The molecule has 7 nitrogen and oxygen atoms in total. The van der Waals surface area contributed by atoms with E-state index in [1.165, 1.54) is 4.90 Å². The van der Waals surface area contributed by atoms with Crippen molar-refractivity contribution >= 4 is 11.9 Å². The van der Waals surface area contributed by atoms with Crippen LogP contribution in [-0.4, -0.2) is 66.7 Å². The molecule has 1 spiro atoms. The van der Waals surface area contributed by atoms with Crippen LogP contribution >= 0.6 is 0 Å². The molecule has 1 aliphatic carbocycles. The molecule has 3 rings (SSSR count). The van der Waals surface area contributed by atoms with Crippen LogP contribution in [0.25, 0.3) is 0 Å². The van der Waals surface area contributed by atoms with E-state index >= 15 is 0 Å². The third-order valence-corrected chi connectivity index (χ3v) is 4.61. The minimum absolute atomic E-state index is 0.0708. The Morgan fingerprint density at radius 2 is 1.76 bits per heavy atom. The van der Waals surface area contributed by atoms with Crippen molar-refractivity contribution in [3.05, 3.63) is 0 Å². The van der Waals surface area contributed by atoms with Crippen molar-refractivity contribution < 1.29 is 28.9 Å². The maximum Gasteiger partial charge on any atom is 0.328 e. The fourth-order valence-electron chi connectivity index (χ4n) is 3.40. The first-order chi connectivity index (χ1) is 10.1. The average molecular weight is 299 g/mol. The zero-order valence-corrected chi connectivity index (χ0v) is 12.0. The number of nitrogens with zero attached hydrogens (tertiary/aromatic N) is 1. The van der Waals surface area contributed by atoms with Crippen molar-refractivity contribution in [2.24, 2.45) is 5.92 Å². The predicted molar refractivity (Wildman–Crippen MR) is 70.5 cm³/mol. The molecule has 2 heterocycles. The molecule has 0 radical (unpaired) electrons. The molecule has 2 saturated heterocycles. The molecular weight excluding hydrogens is 278 g/mol. The summed E-state index contributed by atoms with van der Waals surface area (Å²) in [7, 11) is 0. The summed E-state index contributed by atoms with van der Waals surface area (Å²) in [4.78, 5) is 25.3. The molecule has 0 aromatic heterocycles. The second-order valence-electron chi connectivity index (χ2n) is 5.84. The van der Waals surface area contributed by atoms with Crippen molar-refractivity contribution in [1.82, 2.24) is 4.90 Å². The first-order valence-electron chi connectivity index (χ1n) is 7.50. The number of hydrogen-bond acceptors (Lipinski definition) is 5. The van der Waals surface area contributed by atoms with Crippen LogP contribution < -0.4 is 0 Å². The SMILES string of the molecule is O=C(O)C1COCCN1C(=O)C1CCC2(CC1)OCCO2. The van der Waals surface area contributed by atoms with Gasteiger partial charge in [0, 0.05) is 25.3 Å². The van der Waals surface area contributed by atoms with Gasteiger partial charge in [-0.1, -0.05) is 0 Å². The lowest BCUT2D eigenvalue weighted by atomic mass is 9.84. The number of aliphatic carboxylic acids is 1. The molecule has 1 N–H and O–H groups in total. The van der Waals surface area contributed by atoms with Crippen molar-refractivity contribution in [1.29, 1.82) is 0 Å². The van der Waals surface area contributed by atoms with Crippen LogP contribution in [0.3, 0.4) is 0 Å². The Morgan fingerprint density at radius 3 is 2.38 bits per heavy atom. The summed E-state index contributed by atoms with van der Waals surface area (Å²) in [6.07, 6.45) is 2.77. The quantitative estimate of drug-likeness (QED) is 0.786. The minimum atomic E-state index is -1.00. The zero-order valence-electron chi connectivity index (χ0n) is 12.0. The van der Waals surface area contributed by atoms with E-state index < -0.39 is 17.8 Å². The van der Waals surface area contributed by atoms with Gasteiger partial charge < -0.3 is 24.2 Å². The molecule has 1 saturated carbocycles. The van der Waals surface area contributed by atoms with E-state index in [1.54, 1.807) is 0 Å². The fourth-order valence-corrected chi connectivity index (χ4v) is 3.40. The summed E-state index contributed by atoms with van der Waals surface area (Å²) in [6, 6.07) is -0.860. The molecule has 3 fully saturated rings. The van der Waals surface area contributed by atoms with Crippen LogP contribution in [0, 0.1) is 5.92 Å². The van der Waals surface area contributed by atoms with Gasteiger partial charge in [0.25, 0.3) is 0 Å². The van der Waals surface area contributed by atoms with Gasteiger partial charge >= 0.3 is 5.97 Å². The van der Waals surface area contributed by atoms with E-state index in [0.29, 0.717) is 52.0 Å². The van der Waals surface area contributed by atoms with E-state index in [4.69, 9.17) is 14.2 Å². The number of carbonyl (C=O) groups excluding carboxylic acids is 1. The van der Waals surface area contributed by atoms with Crippen LogP contribution in [0.2, 0.25) is 0 Å². The second-order valence-corrected chi connectivity index (χ2v) is 5.84. The molecule has 0 bridgehead atoms. The molecular formula is C14H21NO6. The number of ether oxygens (including phenoxy) is 3. The lowest BCUT2D eigenvalue weighted by Crippen LogP contribution is -2.55. The number of amides is 1. The van der Waals surface area contributed by atoms with Crippen LogP contribution in [0.15, 0.2) is 0 Å². The maximum atomic E-state index is 12.6. The Morgan fingerprint density at radius 1 is 1.10 bits per heavy atom. The third kappa shape index (κ3) is 2.90. The Bertz CT molecular complexity index is 410. The summed E-state index contributed by atoms with van der Waals surface area (Å²) in [5.41, 5.74) is 0. The number of carbonyl (C=O) groups is 2. The number of rotatable bonds is 2. The highest BCUT2D eigenvalue weighted by molar-refractivity contribution is 5.85. The van der Waals surface area contributed by atoms with Crippen molar-refractivity contribution in [2.75, 3.05) is 33.0 Å². The molecule has 0 aromatic carbocycles. The molecule has 1 atom stereocenters. The number of morpholine rings is 1. The maximum absolute atomic E-state index is 12.6. The Labute approximate surface area is 123 Å². The molecule has 118 valence electrons. The summed E-state index contributed by atoms with van der Waals surface area (Å²) in [5.74, 6) is -1.70. The van der Waals surface area contributed by atoms with Crippen LogP contribution in [-0.2, 0) is 23.8 Å². The van der Waals surface area contributed by atoms with E-state index in [-0.39, 0.29) is 18.4 Å². The first kappa shape index (κ1) is 14.7. The number of carboxylic acids is 1. The van der Waals surface area contributed by atoms with Crippen LogP contribution in [0.4, 0.5) is 0 Å². The monoisotopic (exact) mass is 299 g/mol. The highest BCUT2D eigenvalue weighted by Crippen LogP contribution is 2.39. The molecule has 0 aromatic rings. The molecule has 7 heteroatoms. The van der Waals surface area contributed by atoms with Crippen molar-refractivity contribution in [3.8, 4) is 0 Å². The molecule has 2 aliphatic heterocycles. The molecule has 21 heavy (non-hydrogen) atoms. The van der Waals surface area contributed by atoms with Gasteiger partial charge in [0.2, 0.25) is 5.91 Å². The molecule has 1 unspecified atom stereocenters. The van der Waals surface area contributed by atoms with Crippen LogP contribution in [0.1, 0.15) is 25.7 Å². The van der Waals surface area contributed by atoms with E-state index in [2.05, 4.69) is 0 Å². The van der Waals surface area contributed by atoms with Gasteiger partial charge in [0.15, 0.2) is 11.8 Å². The lowest BCUT2D eigenvalue weighted by molar-refractivity contribution is -0.187.